The molecule has 1 heterocycles. The summed E-state index contributed by atoms with van der Waals surface area (Å²) in [6, 6.07) is 8.57. The van der Waals surface area contributed by atoms with E-state index in [9.17, 15) is 34.5 Å². The Morgan fingerprint density at radius 3 is 2.05 bits per heavy atom. The van der Waals surface area contributed by atoms with E-state index in [0.29, 0.717) is 11.1 Å². The lowest BCUT2D eigenvalue weighted by molar-refractivity contribution is -0.142. The van der Waals surface area contributed by atoms with E-state index in [0.717, 1.165) is 10.9 Å². The third-order valence-electron chi connectivity index (χ3n) is 6.89. The van der Waals surface area contributed by atoms with Crippen LogP contribution in [0.25, 0.3) is 10.9 Å². The average Bonchev–Trinajstić information content (AvgIpc) is 3.34. The van der Waals surface area contributed by atoms with Crippen molar-refractivity contribution in [3.8, 4) is 5.75 Å². The lowest BCUT2D eigenvalue weighted by Crippen LogP contribution is -2.58. The van der Waals surface area contributed by atoms with Crippen LogP contribution in [0.2, 0.25) is 0 Å². The maximum absolute atomic E-state index is 13.5. The van der Waals surface area contributed by atoms with Gasteiger partial charge >= 0.3 is 5.97 Å². The maximum Gasteiger partial charge on any atom is 0.326 e. The summed E-state index contributed by atoms with van der Waals surface area (Å²) in [7, 11) is 0. The minimum absolute atomic E-state index is 0.00573. The van der Waals surface area contributed by atoms with Crippen molar-refractivity contribution in [3.63, 3.8) is 0 Å². The Morgan fingerprint density at radius 1 is 0.833 bits per heavy atom. The molecule has 12 heteroatoms. The van der Waals surface area contributed by atoms with Crippen LogP contribution in [-0.4, -0.2) is 74.3 Å². The molecule has 0 bridgehead atoms. The Hall–Kier alpha value is -4.42. The van der Waals surface area contributed by atoms with Crippen LogP contribution in [0.5, 0.6) is 5.75 Å². The van der Waals surface area contributed by atoms with Crippen LogP contribution in [0.1, 0.15) is 38.3 Å². The number of nitrogens with one attached hydrogen (secondary N) is 4. The van der Waals surface area contributed by atoms with Gasteiger partial charge in [0.05, 0.1) is 6.10 Å². The molecule has 5 unspecified atom stereocenters. The summed E-state index contributed by atoms with van der Waals surface area (Å²) in [6.45, 7) is 5.06. The van der Waals surface area contributed by atoms with Crippen LogP contribution in [0.15, 0.2) is 54.7 Å². The smallest absolute Gasteiger partial charge is 0.326 e. The lowest BCUT2D eigenvalue weighted by atomic mass is 10.00. The molecule has 2 aromatic carbocycles. The van der Waals surface area contributed by atoms with Gasteiger partial charge < -0.3 is 42.0 Å². The van der Waals surface area contributed by atoms with Gasteiger partial charge in [-0.25, -0.2) is 4.79 Å². The van der Waals surface area contributed by atoms with E-state index in [1.54, 1.807) is 18.3 Å². The van der Waals surface area contributed by atoms with Gasteiger partial charge in [-0.15, -0.1) is 0 Å². The summed E-state index contributed by atoms with van der Waals surface area (Å²) in [5.74, 6) is -3.39. The first-order chi connectivity index (χ1) is 19.8. The van der Waals surface area contributed by atoms with Crippen molar-refractivity contribution in [2.75, 3.05) is 0 Å². The highest BCUT2D eigenvalue weighted by molar-refractivity contribution is 5.94. The summed E-state index contributed by atoms with van der Waals surface area (Å²) >= 11 is 0. The monoisotopic (exact) mass is 581 g/mol. The van der Waals surface area contributed by atoms with Gasteiger partial charge in [0.1, 0.15) is 29.9 Å². The zero-order valence-electron chi connectivity index (χ0n) is 23.8. The fourth-order valence-electron chi connectivity index (χ4n) is 4.53. The van der Waals surface area contributed by atoms with Gasteiger partial charge in [-0.1, -0.05) is 44.2 Å². The number of rotatable bonds is 14. The SMILES string of the molecule is CC(C)CC(NC(=O)C(N)C(C)O)C(=O)NC(Cc1ccc(O)cc1)C(=O)NC(Cc1c[nH]c2ccccc12)C(=O)O. The number of aromatic nitrogens is 1. The van der Waals surface area contributed by atoms with Crippen molar-refractivity contribution in [2.24, 2.45) is 11.7 Å². The largest absolute Gasteiger partial charge is 0.508 e. The molecule has 0 aliphatic heterocycles. The van der Waals surface area contributed by atoms with E-state index < -0.39 is 54.0 Å². The molecule has 9 N–H and O–H groups in total. The number of carbonyl (C=O) groups is 4. The van der Waals surface area contributed by atoms with Gasteiger partial charge in [-0.2, -0.15) is 0 Å². The van der Waals surface area contributed by atoms with Gasteiger partial charge in [-0.3, -0.25) is 14.4 Å². The van der Waals surface area contributed by atoms with Crippen LogP contribution < -0.4 is 21.7 Å². The highest BCUT2D eigenvalue weighted by Crippen LogP contribution is 2.19. The molecule has 0 aliphatic rings. The van der Waals surface area contributed by atoms with Crippen molar-refractivity contribution in [1.82, 2.24) is 20.9 Å². The second-order valence-corrected chi connectivity index (χ2v) is 10.9. The highest BCUT2D eigenvalue weighted by Gasteiger charge is 2.32. The van der Waals surface area contributed by atoms with Crippen LogP contribution in [0.3, 0.4) is 0 Å². The number of aromatic hydroxyl groups is 1. The number of benzene rings is 2. The van der Waals surface area contributed by atoms with E-state index in [1.165, 1.54) is 19.1 Å². The molecule has 0 aliphatic carbocycles. The van der Waals surface area contributed by atoms with Crippen LogP contribution in [0, 0.1) is 5.92 Å². The molecule has 226 valence electrons. The molecule has 5 atom stereocenters. The molecule has 1 aromatic heterocycles. The minimum Gasteiger partial charge on any atom is -0.508 e. The Bertz CT molecular complexity index is 1390. The summed E-state index contributed by atoms with van der Waals surface area (Å²) in [5.41, 5.74) is 7.86. The van der Waals surface area contributed by atoms with E-state index in [-0.39, 0.29) is 30.9 Å². The predicted octanol–water partition coefficient (Wildman–Crippen LogP) is 0.952. The minimum atomic E-state index is -1.30. The van der Waals surface area contributed by atoms with Crippen LogP contribution in [-0.2, 0) is 32.0 Å². The predicted molar refractivity (Wildman–Crippen MR) is 156 cm³/mol. The number of hydrogen-bond donors (Lipinski definition) is 8. The Labute approximate surface area is 243 Å². The summed E-state index contributed by atoms with van der Waals surface area (Å²) in [4.78, 5) is 54.8. The number of para-hydroxylation sites is 1. The number of carboxylic acid groups (broad SMARTS) is 1. The number of carbonyl (C=O) groups excluding carboxylic acids is 3. The number of hydrogen-bond acceptors (Lipinski definition) is 7. The molecule has 3 aromatic rings. The molecule has 0 saturated heterocycles. The van der Waals surface area contributed by atoms with Crippen molar-refractivity contribution >= 4 is 34.6 Å². The second-order valence-electron chi connectivity index (χ2n) is 10.9. The molecule has 0 spiro atoms. The van der Waals surface area contributed by atoms with Crippen molar-refractivity contribution in [3.05, 3.63) is 65.9 Å². The lowest BCUT2D eigenvalue weighted by Gasteiger charge is -2.26. The van der Waals surface area contributed by atoms with Crippen LogP contribution in [0.4, 0.5) is 0 Å². The molecule has 3 amide bonds. The second kappa shape index (κ2) is 14.5. The summed E-state index contributed by atoms with van der Waals surface area (Å²) in [6.07, 6.45) is 0.738. The van der Waals surface area contributed by atoms with Gasteiger partial charge in [0.25, 0.3) is 0 Å². The van der Waals surface area contributed by atoms with Crippen molar-refractivity contribution < 1.29 is 34.5 Å². The third kappa shape index (κ3) is 8.79. The summed E-state index contributed by atoms with van der Waals surface area (Å²) < 4.78 is 0. The number of aliphatic carboxylic acids is 1. The number of aliphatic hydroxyl groups is 1. The number of aromatic amines is 1. The number of fused-ring (bicyclic) bond motifs is 1. The molecule has 0 radical (unpaired) electrons. The Balaban J connectivity index is 1.84. The number of H-pyrrole nitrogens is 1. The number of nitrogens with two attached hydrogens (primary N) is 1. The molecule has 0 saturated carbocycles. The van der Waals surface area contributed by atoms with Gasteiger partial charge in [0.2, 0.25) is 17.7 Å². The first-order valence-electron chi connectivity index (χ1n) is 13.8. The number of phenols is 1. The average molecular weight is 582 g/mol. The standard InChI is InChI=1S/C30H39N5O7/c1-16(2)12-23(34-29(40)26(31)17(3)36)27(38)33-24(13-18-8-10-20(37)11-9-18)28(39)35-25(30(41)42)14-19-15-32-22-7-5-4-6-21(19)22/h4-11,15-17,23-26,32,36-37H,12-14,31H2,1-3H3,(H,33,38)(H,34,40)(H,35,39)(H,41,42). The summed E-state index contributed by atoms with van der Waals surface area (Å²) in [5, 5.41) is 37.9. The fraction of sp³-hybridized carbons (Fsp3) is 0.400. The number of amides is 3. The van der Waals surface area contributed by atoms with E-state index in [2.05, 4.69) is 20.9 Å². The fourth-order valence-corrected chi connectivity index (χ4v) is 4.53. The zero-order chi connectivity index (χ0) is 31.0. The number of carboxylic acids is 1. The maximum atomic E-state index is 13.5. The van der Waals surface area contributed by atoms with E-state index in [4.69, 9.17) is 5.73 Å². The molecule has 12 nitrogen and oxygen atoms in total. The van der Waals surface area contributed by atoms with E-state index in [1.807, 2.05) is 38.1 Å². The molecule has 3 rings (SSSR count). The van der Waals surface area contributed by atoms with Crippen LogP contribution >= 0.6 is 0 Å². The van der Waals surface area contributed by atoms with Gasteiger partial charge in [0.15, 0.2) is 0 Å². The first-order valence-corrected chi connectivity index (χ1v) is 13.8. The topological polar surface area (TPSA) is 207 Å². The Morgan fingerprint density at radius 2 is 1.43 bits per heavy atom. The van der Waals surface area contributed by atoms with Gasteiger partial charge in [0, 0.05) is 29.9 Å². The van der Waals surface area contributed by atoms with Gasteiger partial charge in [-0.05, 0) is 48.6 Å². The molecular weight excluding hydrogens is 542 g/mol. The molecular formula is C30H39N5O7. The molecule has 42 heavy (non-hydrogen) atoms. The molecule has 0 fully saturated rings. The number of phenolic OH excluding ortho intramolecular Hbond substituents is 1. The third-order valence-corrected chi connectivity index (χ3v) is 6.89. The van der Waals surface area contributed by atoms with Crippen molar-refractivity contribution in [1.29, 1.82) is 0 Å². The number of aliphatic hydroxyl groups excluding tert-OH is 1. The van der Waals surface area contributed by atoms with Crippen molar-refractivity contribution in [2.45, 2.75) is 70.3 Å². The van der Waals surface area contributed by atoms with E-state index >= 15 is 0 Å². The first kappa shape index (κ1) is 32.1. The highest BCUT2D eigenvalue weighted by atomic mass is 16.4. The normalized spacial score (nSPS) is 14.9. The Kier molecular flexibility index (Phi) is 11.1. The zero-order valence-corrected chi connectivity index (χ0v) is 23.8. The quantitative estimate of drug-likeness (QED) is 0.137.